The van der Waals surface area contributed by atoms with E-state index in [0.29, 0.717) is 19.1 Å². The van der Waals surface area contributed by atoms with Crippen LogP contribution >= 0.6 is 0 Å². The SMILES string of the molecule is Cc1nc2c(NC3CCN(S(C)(=O)=O)CC3)cc(-c3ccc(N4CCN(C(C)C)CC4)cc3)cc2n1C. The number of nitrogens with one attached hydrogen (secondary N) is 1. The summed E-state index contributed by atoms with van der Waals surface area (Å²) in [5, 5.41) is 3.71. The third kappa shape index (κ3) is 5.49. The summed E-state index contributed by atoms with van der Waals surface area (Å²) in [6.07, 6.45) is 2.86. The molecule has 37 heavy (non-hydrogen) atoms. The second kappa shape index (κ2) is 10.3. The lowest BCUT2D eigenvalue weighted by molar-refractivity contribution is 0.209. The van der Waals surface area contributed by atoms with Crippen molar-refractivity contribution in [1.29, 1.82) is 0 Å². The van der Waals surface area contributed by atoms with E-state index in [9.17, 15) is 8.42 Å². The molecule has 9 heteroatoms. The molecule has 1 N–H and O–H groups in total. The quantitative estimate of drug-likeness (QED) is 0.527. The molecule has 0 atom stereocenters. The van der Waals surface area contributed by atoms with Crippen LogP contribution in [-0.4, -0.2) is 84.8 Å². The van der Waals surface area contributed by atoms with Crippen LogP contribution in [0.4, 0.5) is 11.4 Å². The van der Waals surface area contributed by atoms with Crippen molar-refractivity contribution in [2.24, 2.45) is 7.05 Å². The minimum atomic E-state index is -3.14. The van der Waals surface area contributed by atoms with Gasteiger partial charge in [-0.05, 0) is 69.0 Å². The second-order valence-electron chi connectivity index (χ2n) is 10.9. The average molecular weight is 525 g/mol. The van der Waals surface area contributed by atoms with E-state index in [4.69, 9.17) is 4.98 Å². The first kappa shape index (κ1) is 26.0. The molecular weight excluding hydrogens is 484 g/mol. The summed E-state index contributed by atoms with van der Waals surface area (Å²) in [7, 11) is -1.08. The lowest BCUT2D eigenvalue weighted by atomic mass is 10.0. The second-order valence-corrected chi connectivity index (χ2v) is 12.8. The Morgan fingerprint density at radius 2 is 1.59 bits per heavy atom. The number of rotatable bonds is 6. The summed E-state index contributed by atoms with van der Waals surface area (Å²) < 4.78 is 27.6. The molecule has 2 aliphatic heterocycles. The van der Waals surface area contributed by atoms with E-state index in [2.05, 4.69) is 77.0 Å². The van der Waals surface area contributed by atoms with Gasteiger partial charge in [0.2, 0.25) is 10.0 Å². The molecule has 1 aromatic heterocycles. The highest BCUT2D eigenvalue weighted by Crippen LogP contribution is 2.33. The third-order valence-corrected chi connectivity index (χ3v) is 9.41. The smallest absolute Gasteiger partial charge is 0.211 e. The van der Waals surface area contributed by atoms with E-state index in [0.717, 1.165) is 67.1 Å². The van der Waals surface area contributed by atoms with Crippen LogP contribution in [-0.2, 0) is 17.1 Å². The van der Waals surface area contributed by atoms with Gasteiger partial charge in [0.1, 0.15) is 11.3 Å². The number of aryl methyl sites for hydroxylation is 2. The van der Waals surface area contributed by atoms with E-state index in [1.54, 1.807) is 4.31 Å². The lowest BCUT2D eigenvalue weighted by Crippen LogP contribution is -2.48. The maximum absolute atomic E-state index is 11.9. The third-order valence-electron chi connectivity index (χ3n) is 8.10. The highest BCUT2D eigenvalue weighted by Gasteiger charge is 2.26. The number of piperidine rings is 1. The van der Waals surface area contributed by atoms with Gasteiger partial charge in [-0.2, -0.15) is 0 Å². The van der Waals surface area contributed by atoms with Crippen LogP contribution in [0.2, 0.25) is 0 Å². The van der Waals surface area contributed by atoms with Gasteiger partial charge in [0.15, 0.2) is 0 Å². The maximum atomic E-state index is 11.9. The summed E-state index contributed by atoms with van der Waals surface area (Å²) in [5.41, 5.74) is 6.69. The van der Waals surface area contributed by atoms with Gasteiger partial charge in [-0.3, -0.25) is 4.90 Å². The van der Waals surface area contributed by atoms with E-state index in [1.165, 1.54) is 17.5 Å². The lowest BCUT2D eigenvalue weighted by Gasteiger charge is -2.38. The van der Waals surface area contributed by atoms with Gasteiger partial charge in [-0.1, -0.05) is 12.1 Å². The minimum absolute atomic E-state index is 0.214. The number of piperazine rings is 1. The Labute approximate surface area is 221 Å². The zero-order valence-corrected chi connectivity index (χ0v) is 23.6. The first-order valence-corrected chi connectivity index (χ1v) is 15.2. The normalized spacial score (nSPS) is 18.7. The van der Waals surface area contributed by atoms with Gasteiger partial charge in [-0.25, -0.2) is 17.7 Å². The van der Waals surface area contributed by atoms with Crippen LogP contribution in [0.3, 0.4) is 0 Å². The molecule has 0 aliphatic carbocycles. The number of benzene rings is 2. The summed E-state index contributed by atoms with van der Waals surface area (Å²) in [4.78, 5) is 9.86. The van der Waals surface area contributed by atoms with Crippen molar-refractivity contribution in [3.05, 3.63) is 42.2 Å². The number of anilines is 2. The van der Waals surface area contributed by atoms with Crippen LogP contribution in [0.5, 0.6) is 0 Å². The molecule has 0 spiro atoms. The van der Waals surface area contributed by atoms with E-state index in [-0.39, 0.29) is 6.04 Å². The molecule has 2 saturated heterocycles. The molecule has 5 rings (SSSR count). The molecule has 0 amide bonds. The number of sulfonamides is 1. The van der Waals surface area contributed by atoms with Crippen LogP contribution in [0, 0.1) is 6.92 Å². The van der Waals surface area contributed by atoms with Crippen LogP contribution in [0.25, 0.3) is 22.2 Å². The van der Waals surface area contributed by atoms with E-state index in [1.807, 2.05) is 6.92 Å². The van der Waals surface area contributed by atoms with Crippen molar-refractivity contribution < 1.29 is 8.42 Å². The van der Waals surface area contributed by atoms with Crippen molar-refractivity contribution in [3.63, 3.8) is 0 Å². The van der Waals surface area contributed by atoms with E-state index < -0.39 is 10.0 Å². The van der Waals surface area contributed by atoms with Crippen LogP contribution < -0.4 is 10.2 Å². The highest BCUT2D eigenvalue weighted by molar-refractivity contribution is 7.88. The number of fused-ring (bicyclic) bond motifs is 1. The molecule has 0 saturated carbocycles. The molecule has 2 fully saturated rings. The molecule has 2 aliphatic rings. The van der Waals surface area contributed by atoms with Crippen molar-refractivity contribution in [2.75, 3.05) is 55.7 Å². The fourth-order valence-electron chi connectivity index (χ4n) is 5.59. The molecule has 3 aromatic rings. The van der Waals surface area contributed by atoms with Crippen LogP contribution in [0.1, 0.15) is 32.5 Å². The van der Waals surface area contributed by atoms with Gasteiger partial charge in [0.25, 0.3) is 0 Å². The number of imidazole rings is 1. The van der Waals surface area contributed by atoms with Gasteiger partial charge >= 0.3 is 0 Å². The summed E-state index contributed by atoms with van der Waals surface area (Å²) in [6.45, 7) is 12.0. The van der Waals surface area contributed by atoms with Crippen molar-refractivity contribution in [1.82, 2.24) is 18.8 Å². The van der Waals surface area contributed by atoms with Gasteiger partial charge in [0, 0.05) is 64.1 Å². The Hall–Kier alpha value is -2.62. The molecule has 8 nitrogen and oxygen atoms in total. The first-order chi connectivity index (χ1) is 17.6. The summed E-state index contributed by atoms with van der Waals surface area (Å²) >= 11 is 0. The van der Waals surface area contributed by atoms with Gasteiger partial charge < -0.3 is 14.8 Å². The fraction of sp³-hybridized carbons (Fsp3) is 0.536. The maximum Gasteiger partial charge on any atom is 0.211 e. The topological polar surface area (TPSA) is 73.7 Å². The molecular formula is C28H40N6O2S. The molecule has 0 unspecified atom stereocenters. The Bertz CT molecular complexity index is 1350. The van der Waals surface area contributed by atoms with Crippen molar-refractivity contribution in [2.45, 2.75) is 45.7 Å². The molecule has 0 radical (unpaired) electrons. The molecule has 0 bridgehead atoms. The fourth-order valence-corrected chi connectivity index (χ4v) is 6.47. The van der Waals surface area contributed by atoms with E-state index >= 15 is 0 Å². The summed E-state index contributed by atoms with van der Waals surface area (Å²) in [6, 6.07) is 14.2. The molecule has 3 heterocycles. The number of aromatic nitrogens is 2. The minimum Gasteiger partial charge on any atom is -0.380 e. The largest absolute Gasteiger partial charge is 0.380 e. The zero-order chi connectivity index (χ0) is 26.3. The van der Waals surface area contributed by atoms with Gasteiger partial charge in [0.05, 0.1) is 17.5 Å². The monoisotopic (exact) mass is 524 g/mol. The zero-order valence-electron chi connectivity index (χ0n) is 22.7. The van der Waals surface area contributed by atoms with Crippen LogP contribution in [0.15, 0.2) is 36.4 Å². The standard InChI is InChI=1S/C28H40N6O2S/c1-20(2)32-14-16-33(17-15-32)25-8-6-22(7-9-25)23-18-26(28-27(19-23)31(4)21(3)29-28)30-24-10-12-34(13-11-24)37(5,35)36/h6-9,18-20,24,30H,10-17H2,1-5H3. The predicted octanol–water partition coefficient (Wildman–Crippen LogP) is 3.92. The Kier molecular flexibility index (Phi) is 7.22. The highest BCUT2D eigenvalue weighted by atomic mass is 32.2. The number of hydrogen-bond acceptors (Lipinski definition) is 6. The Balaban J connectivity index is 1.38. The van der Waals surface area contributed by atoms with Gasteiger partial charge in [-0.15, -0.1) is 0 Å². The predicted molar refractivity (Wildman–Crippen MR) is 153 cm³/mol. The molecule has 200 valence electrons. The Morgan fingerprint density at radius 1 is 0.946 bits per heavy atom. The molecule has 2 aromatic carbocycles. The number of nitrogens with zero attached hydrogens (tertiary/aromatic N) is 5. The number of hydrogen-bond donors (Lipinski definition) is 1. The first-order valence-electron chi connectivity index (χ1n) is 13.4. The Morgan fingerprint density at radius 3 is 2.19 bits per heavy atom. The average Bonchev–Trinajstić information content (AvgIpc) is 3.17. The van der Waals surface area contributed by atoms with Crippen molar-refractivity contribution in [3.8, 4) is 11.1 Å². The van der Waals surface area contributed by atoms with Crippen molar-refractivity contribution >= 4 is 32.4 Å². The summed E-state index contributed by atoms with van der Waals surface area (Å²) in [5.74, 6) is 0.970.